The van der Waals surface area contributed by atoms with E-state index >= 15 is 0 Å². The third kappa shape index (κ3) is 3.30. The van der Waals surface area contributed by atoms with Crippen molar-refractivity contribution in [2.24, 2.45) is 23.7 Å². The molecule has 0 radical (unpaired) electrons. The predicted octanol–water partition coefficient (Wildman–Crippen LogP) is 1.89. The Kier molecular flexibility index (Phi) is 4.29. The number of hydrogen-bond donors (Lipinski definition) is 2. The van der Waals surface area contributed by atoms with E-state index in [0.29, 0.717) is 43.1 Å². The second kappa shape index (κ2) is 6.57. The highest BCUT2D eigenvalue weighted by molar-refractivity contribution is 7.87. The average Bonchev–Trinajstić information content (AvgIpc) is 2.96. The van der Waals surface area contributed by atoms with Crippen LogP contribution in [0.1, 0.15) is 48.0 Å². The Morgan fingerprint density at radius 1 is 1.04 bits per heavy atom. The Balaban J connectivity index is 1.23. The van der Waals surface area contributed by atoms with Gasteiger partial charge in [-0.05, 0) is 73.5 Å². The van der Waals surface area contributed by atoms with E-state index in [1.54, 1.807) is 0 Å². The largest absolute Gasteiger partial charge is 0.349 e. The van der Waals surface area contributed by atoms with E-state index in [9.17, 15) is 13.2 Å². The number of amides is 1. The van der Waals surface area contributed by atoms with Crippen molar-refractivity contribution in [3.8, 4) is 0 Å². The summed E-state index contributed by atoms with van der Waals surface area (Å²) < 4.78 is 27.6. The lowest BCUT2D eigenvalue weighted by Crippen LogP contribution is -2.55. The first kappa shape index (κ1) is 17.6. The third-order valence-corrected chi connectivity index (χ3v) is 8.65. The fourth-order valence-corrected chi connectivity index (χ4v) is 7.22. The maximum absolute atomic E-state index is 12.8. The van der Waals surface area contributed by atoms with E-state index in [0.717, 1.165) is 17.4 Å². The van der Waals surface area contributed by atoms with Gasteiger partial charge in [0.2, 0.25) is 0 Å². The molecule has 1 amide bonds. The second-order valence-electron chi connectivity index (χ2n) is 8.86. The van der Waals surface area contributed by atoms with Crippen molar-refractivity contribution in [1.82, 2.24) is 14.3 Å². The fourth-order valence-electron chi connectivity index (χ4n) is 6.04. The molecule has 0 aromatic heterocycles. The van der Waals surface area contributed by atoms with Crippen molar-refractivity contribution in [3.05, 3.63) is 35.4 Å². The van der Waals surface area contributed by atoms with Crippen LogP contribution in [0.4, 0.5) is 0 Å². The Hall–Kier alpha value is -1.44. The van der Waals surface area contributed by atoms with Gasteiger partial charge in [0, 0.05) is 31.2 Å². The van der Waals surface area contributed by atoms with Crippen molar-refractivity contribution >= 4 is 16.1 Å². The van der Waals surface area contributed by atoms with Crippen molar-refractivity contribution < 1.29 is 13.2 Å². The Morgan fingerprint density at radius 2 is 1.67 bits per heavy atom. The second-order valence-corrected chi connectivity index (χ2v) is 10.6. The number of hydrogen-bond acceptors (Lipinski definition) is 3. The molecule has 1 saturated heterocycles. The Bertz CT molecular complexity index is 809. The number of carbonyl (C=O) groups is 1. The van der Waals surface area contributed by atoms with Gasteiger partial charge in [-0.1, -0.05) is 12.1 Å². The first-order valence-corrected chi connectivity index (χ1v) is 11.6. The summed E-state index contributed by atoms with van der Waals surface area (Å²) in [6.07, 6.45) is 6.56. The highest BCUT2D eigenvalue weighted by Gasteiger charge is 2.48. The average molecular weight is 390 g/mol. The smallest absolute Gasteiger partial charge is 0.279 e. The monoisotopic (exact) mass is 389 g/mol. The molecule has 1 aromatic rings. The van der Waals surface area contributed by atoms with Gasteiger partial charge < -0.3 is 5.32 Å². The first-order valence-electron chi connectivity index (χ1n) is 10.1. The van der Waals surface area contributed by atoms with Crippen LogP contribution >= 0.6 is 0 Å². The molecule has 5 fully saturated rings. The van der Waals surface area contributed by atoms with Crippen molar-refractivity contribution in [2.45, 2.75) is 44.7 Å². The van der Waals surface area contributed by atoms with Gasteiger partial charge in [-0.2, -0.15) is 12.7 Å². The molecule has 0 spiro atoms. The van der Waals surface area contributed by atoms with E-state index in [1.807, 2.05) is 24.3 Å². The molecule has 4 bridgehead atoms. The van der Waals surface area contributed by atoms with E-state index in [1.165, 1.54) is 36.4 Å². The van der Waals surface area contributed by atoms with Gasteiger partial charge in [0.15, 0.2) is 0 Å². The number of benzene rings is 1. The molecule has 2 N–H and O–H groups in total. The van der Waals surface area contributed by atoms with Crippen LogP contribution in [0.25, 0.3) is 0 Å². The van der Waals surface area contributed by atoms with E-state index in [4.69, 9.17) is 0 Å². The quantitative estimate of drug-likeness (QED) is 0.825. The van der Waals surface area contributed by atoms with Gasteiger partial charge in [0.05, 0.1) is 0 Å². The van der Waals surface area contributed by atoms with E-state index in [-0.39, 0.29) is 5.91 Å². The molecule has 1 heterocycles. The third-order valence-electron chi connectivity index (χ3n) is 7.09. The zero-order valence-corrected chi connectivity index (χ0v) is 16.2. The molecule has 4 aliphatic carbocycles. The van der Waals surface area contributed by atoms with Gasteiger partial charge in [0.1, 0.15) is 0 Å². The fraction of sp³-hybridized carbons (Fsp3) is 0.650. The van der Waals surface area contributed by atoms with Crippen molar-refractivity contribution in [3.63, 3.8) is 0 Å². The molecule has 6 nitrogen and oxygen atoms in total. The minimum absolute atomic E-state index is 0.00878. The molecule has 1 aromatic carbocycles. The highest BCUT2D eigenvalue weighted by atomic mass is 32.2. The topological polar surface area (TPSA) is 78.5 Å². The van der Waals surface area contributed by atoms with Crippen LogP contribution in [0, 0.1) is 23.7 Å². The van der Waals surface area contributed by atoms with Crippen molar-refractivity contribution in [1.29, 1.82) is 0 Å². The van der Waals surface area contributed by atoms with Gasteiger partial charge in [-0.25, -0.2) is 4.72 Å². The Labute approximate surface area is 160 Å². The maximum Gasteiger partial charge on any atom is 0.279 e. The van der Waals surface area contributed by atoms with Crippen LogP contribution in [-0.2, 0) is 16.8 Å². The lowest BCUT2D eigenvalue weighted by Gasteiger charge is -2.54. The predicted molar refractivity (Wildman–Crippen MR) is 102 cm³/mol. The number of nitrogens with one attached hydrogen (secondary N) is 2. The van der Waals surface area contributed by atoms with E-state index in [2.05, 4.69) is 10.0 Å². The van der Waals surface area contributed by atoms with Gasteiger partial charge in [0.25, 0.3) is 16.1 Å². The Morgan fingerprint density at radius 3 is 2.22 bits per heavy atom. The summed E-state index contributed by atoms with van der Waals surface area (Å²) in [6.45, 7) is 1.28. The summed E-state index contributed by atoms with van der Waals surface area (Å²) in [7, 11) is -3.34. The molecule has 4 saturated carbocycles. The molecule has 0 unspecified atom stereocenters. The number of rotatable bonds is 4. The summed E-state index contributed by atoms with van der Waals surface area (Å²) in [5, 5.41) is 3.33. The lowest BCUT2D eigenvalue weighted by molar-refractivity contribution is -0.0119. The molecule has 6 rings (SSSR count). The lowest BCUT2D eigenvalue weighted by atomic mass is 9.54. The molecule has 27 heavy (non-hydrogen) atoms. The molecule has 146 valence electrons. The molecular weight excluding hydrogens is 362 g/mol. The minimum Gasteiger partial charge on any atom is -0.349 e. The van der Waals surface area contributed by atoms with Crippen molar-refractivity contribution in [2.75, 3.05) is 13.1 Å². The normalized spacial score (nSPS) is 36.8. The maximum atomic E-state index is 12.8. The van der Waals surface area contributed by atoms with Gasteiger partial charge >= 0.3 is 0 Å². The SMILES string of the molecule is O=C(NC1C2CC3CC(C2)CC1C3)c1ccc(CN2CCNS2(=O)=O)cc1. The van der Waals surface area contributed by atoms with Crippen LogP contribution in [0.3, 0.4) is 0 Å². The zero-order chi connectivity index (χ0) is 18.6. The minimum atomic E-state index is -3.34. The standard InChI is InChI=1S/C20H27N3O3S/c24-20(22-19-17-8-14-7-15(10-17)11-18(19)9-14)16-3-1-13(2-4-16)12-23-6-5-21-27(23,25)26/h1-4,14-15,17-19,21H,5-12H2,(H,22,24). The molecule has 0 atom stereocenters. The van der Waals surface area contributed by atoms with Crippen LogP contribution in [0.5, 0.6) is 0 Å². The highest BCUT2D eigenvalue weighted by Crippen LogP contribution is 2.53. The van der Waals surface area contributed by atoms with Gasteiger partial charge in [-0.3, -0.25) is 4.79 Å². The summed E-state index contributed by atoms with van der Waals surface area (Å²) in [4.78, 5) is 12.8. The summed E-state index contributed by atoms with van der Waals surface area (Å²) in [6, 6.07) is 7.69. The summed E-state index contributed by atoms with van der Waals surface area (Å²) >= 11 is 0. The van der Waals surface area contributed by atoms with Crippen LogP contribution in [0.2, 0.25) is 0 Å². The molecule has 1 aliphatic heterocycles. The summed E-state index contributed by atoms with van der Waals surface area (Å²) in [5.41, 5.74) is 1.56. The van der Waals surface area contributed by atoms with Crippen LogP contribution in [-0.4, -0.2) is 37.8 Å². The van der Waals surface area contributed by atoms with Crippen LogP contribution in [0.15, 0.2) is 24.3 Å². The zero-order valence-electron chi connectivity index (χ0n) is 15.4. The number of nitrogens with zero attached hydrogens (tertiary/aromatic N) is 1. The van der Waals surface area contributed by atoms with E-state index < -0.39 is 10.2 Å². The summed E-state index contributed by atoms with van der Waals surface area (Å²) in [5.74, 6) is 3.14. The first-order chi connectivity index (χ1) is 13.0. The number of carbonyl (C=O) groups excluding carboxylic acids is 1. The van der Waals surface area contributed by atoms with Crippen LogP contribution < -0.4 is 10.0 Å². The molecular formula is C20H27N3O3S. The molecule has 5 aliphatic rings. The van der Waals surface area contributed by atoms with Gasteiger partial charge in [-0.15, -0.1) is 0 Å². The molecule has 7 heteroatoms.